The van der Waals surface area contributed by atoms with Gasteiger partial charge in [0.15, 0.2) is 18.5 Å². The van der Waals surface area contributed by atoms with Gasteiger partial charge < -0.3 is 59.2 Å². The fourth-order valence-electron chi connectivity index (χ4n) is 7.35. The highest BCUT2D eigenvalue weighted by Crippen LogP contribution is 2.38. The number of aliphatic hydroxyl groups is 4. The molecule has 2 aliphatic heterocycles. The van der Waals surface area contributed by atoms with Gasteiger partial charge in [0.2, 0.25) is 5.82 Å². The Hall–Kier alpha value is -3.39. The van der Waals surface area contributed by atoms with Gasteiger partial charge in [0.05, 0.1) is 63.4 Å². The predicted molar refractivity (Wildman–Crippen MR) is 217 cm³/mol. The molecule has 0 aliphatic carbocycles. The second-order valence-corrected chi connectivity index (χ2v) is 18.7. The van der Waals surface area contributed by atoms with Crippen molar-refractivity contribution in [3.63, 3.8) is 0 Å². The van der Waals surface area contributed by atoms with Gasteiger partial charge in [-0.1, -0.05) is 31.2 Å². The molecule has 2 amide bonds. The molecule has 7 N–H and O–H groups in total. The largest absolute Gasteiger partial charge is 0.388 e. The van der Waals surface area contributed by atoms with Crippen LogP contribution < -0.4 is 10.6 Å². The van der Waals surface area contributed by atoms with Gasteiger partial charge in [-0.3, -0.25) is 14.1 Å². The van der Waals surface area contributed by atoms with E-state index in [1.54, 1.807) is 65.8 Å². The van der Waals surface area contributed by atoms with Gasteiger partial charge in [-0.2, -0.15) is 8.42 Å². The first-order valence-corrected chi connectivity index (χ1v) is 21.9. The zero-order valence-electron chi connectivity index (χ0n) is 36.2. The van der Waals surface area contributed by atoms with E-state index in [0.717, 1.165) is 0 Å². The smallest absolute Gasteiger partial charge is 0.265 e. The topological polar surface area (TPSA) is 291 Å². The Morgan fingerprint density at radius 3 is 2.00 bits per heavy atom. The highest BCUT2D eigenvalue weighted by atomic mass is 32.2. The van der Waals surface area contributed by atoms with Crippen LogP contribution in [-0.4, -0.2) is 196 Å². The van der Waals surface area contributed by atoms with Crippen molar-refractivity contribution >= 4 is 21.9 Å². The van der Waals surface area contributed by atoms with Crippen LogP contribution in [0.25, 0.3) is 11.4 Å². The van der Waals surface area contributed by atoms with Crippen LogP contribution in [0.1, 0.15) is 53.5 Å². The summed E-state index contributed by atoms with van der Waals surface area (Å²) >= 11 is 0. The Balaban J connectivity index is 1.51. The molecule has 4 rings (SSSR count). The van der Waals surface area contributed by atoms with E-state index in [1.807, 2.05) is 14.1 Å². The Morgan fingerprint density at radius 2 is 1.41 bits per heavy atom. The summed E-state index contributed by atoms with van der Waals surface area (Å²) in [7, 11) is 0.972. The maximum absolute atomic E-state index is 13.9. The summed E-state index contributed by atoms with van der Waals surface area (Å²) in [5.41, 5.74) is -0.0305. The van der Waals surface area contributed by atoms with Crippen molar-refractivity contribution in [3.8, 4) is 11.4 Å². The zero-order chi connectivity index (χ0) is 45.4. The molecule has 2 saturated heterocycles. The Kier molecular flexibility index (Phi) is 17.6. The molecule has 61 heavy (non-hydrogen) atoms. The van der Waals surface area contributed by atoms with Gasteiger partial charge in [-0.25, -0.2) is 0 Å². The molecule has 6 unspecified atom stereocenters. The minimum absolute atomic E-state index is 0.0500. The molecule has 3 heterocycles. The summed E-state index contributed by atoms with van der Waals surface area (Å²) in [6.45, 7) is 10.9. The molecule has 2 aliphatic rings. The molecule has 22 heteroatoms. The molecule has 1 aromatic carbocycles. The molecule has 1 aromatic heterocycles. The van der Waals surface area contributed by atoms with Crippen molar-refractivity contribution in [1.82, 2.24) is 31.0 Å². The van der Waals surface area contributed by atoms with Crippen LogP contribution in [-0.2, 0) is 49.9 Å². The summed E-state index contributed by atoms with van der Waals surface area (Å²) in [6.07, 6.45) is -14.2. The molecule has 21 nitrogen and oxygen atoms in total. The standard InChI is InChI=1S/C39H63N7O14S/c1-21(2)57-32-28(49)26(47)30(58-34(32)37(51)40-15-17-46(7,8)16-10-18-61(53,54)55)22(3)39(5,6)60-33-29(50)27(48)31(23(4)56-9)59-35(33)38(52)41-19-24-11-13-25(14-12-24)36-44-42-20-43-45-36/h11-14,20-23,26-35,47-50H,10,15-19H2,1-9H3,(H2-,40,41,51,52,53,54,55)/p+1/t22?,23?,26-,27?,28?,29-,30+,31+,32+,33+,34?,35?/m1/s1. The zero-order valence-corrected chi connectivity index (χ0v) is 37.0. The van der Waals surface area contributed by atoms with Crippen LogP contribution in [0.3, 0.4) is 0 Å². The van der Waals surface area contributed by atoms with E-state index in [9.17, 15) is 38.4 Å². The van der Waals surface area contributed by atoms with Crippen molar-refractivity contribution in [2.24, 2.45) is 5.92 Å². The highest BCUT2D eigenvalue weighted by Gasteiger charge is 2.55. The van der Waals surface area contributed by atoms with Gasteiger partial charge in [-0.05, 0) is 40.2 Å². The lowest BCUT2D eigenvalue weighted by atomic mass is 9.80. The lowest BCUT2D eigenvalue weighted by Gasteiger charge is -2.50. The maximum atomic E-state index is 13.9. The van der Waals surface area contributed by atoms with E-state index < -0.39 is 112 Å². The lowest BCUT2D eigenvalue weighted by Crippen LogP contribution is -2.68. The number of rotatable bonds is 20. The van der Waals surface area contributed by atoms with Crippen molar-refractivity contribution in [2.45, 2.75) is 133 Å². The maximum Gasteiger partial charge on any atom is 0.265 e. The monoisotopic (exact) mass is 886 g/mol. The molecule has 2 aromatic rings. The van der Waals surface area contributed by atoms with E-state index in [1.165, 1.54) is 13.4 Å². The summed E-state index contributed by atoms with van der Waals surface area (Å²) in [6, 6.07) is 7.00. The number of carbonyl (C=O) groups excluding carboxylic acids is 2. The molecule has 0 bridgehead atoms. The first kappa shape index (κ1) is 50.3. The van der Waals surface area contributed by atoms with Crippen molar-refractivity contribution in [1.29, 1.82) is 0 Å². The number of carbonyl (C=O) groups is 2. The molecular weight excluding hydrogens is 823 g/mol. The number of amides is 2. The minimum atomic E-state index is -4.11. The normalized spacial score (nSPS) is 28.6. The Bertz CT molecular complexity index is 1830. The van der Waals surface area contributed by atoms with Crippen LogP contribution in [0.2, 0.25) is 0 Å². The third-order valence-corrected chi connectivity index (χ3v) is 12.1. The summed E-state index contributed by atoms with van der Waals surface area (Å²) in [5.74, 6) is -2.21. The number of aliphatic hydroxyl groups excluding tert-OH is 4. The van der Waals surface area contributed by atoms with Crippen LogP contribution in [0, 0.1) is 5.92 Å². The number of hydrogen-bond donors (Lipinski definition) is 7. The Morgan fingerprint density at radius 1 is 0.852 bits per heavy atom. The average molecular weight is 887 g/mol. The average Bonchev–Trinajstić information content (AvgIpc) is 3.19. The summed E-state index contributed by atoms with van der Waals surface area (Å²) in [4.78, 5) is 27.7. The molecule has 2 fully saturated rings. The van der Waals surface area contributed by atoms with Gasteiger partial charge in [0.25, 0.3) is 21.9 Å². The lowest BCUT2D eigenvalue weighted by molar-refractivity contribution is -0.889. The van der Waals surface area contributed by atoms with Gasteiger partial charge in [0, 0.05) is 31.6 Å². The van der Waals surface area contributed by atoms with Gasteiger partial charge in [-0.15, -0.1) is 20.4 Å². The molecule has 344 valence electrons. The van der Waals surface area contributed by atoms with E-state index >= 15 is 0 Å². The number of hydrogen-bond acceptors (Lipinski definition) is 17. The van der Waals surface area contributed by atoms with Crippen LogP contribution >= 0.6 is 0 Å². The number of nitrogens with zero attached hydrogens (tertiary/aromatic N) is 5. The quantitative estimate of drug-likeness (QED) is 0.0596. The fraction of sp³-hybridized carbons (Fsp3) is 0.744. The van der Waals surface area contributed by atoms with Crippen LogP contribution in [0.5, 0.6) is 0 Å². The molecule has 0 spiro atoms. The third kappa shape index (κ3) is 13.6. The molecule has 0 saturated carbocycles. The number of quaternary nitrogens is 1. The summed E-state index contributed by atoms with van der Waals surface area (Å²) < 4.78 is 62.0. The van der Waals surface area contributed by atoms with Crippen LogP contribution in [0.4, 0.5) is 0 Å². The minimum Gasteiger partial charge on any atom is -0.388 e. The van der Waals surface area contributed by atoms with Gasteiger partial charge in [0.1, 0.15) is 42.7 Å². The summed E-state index contributed by atoms with van der Waals surface area (Å²) in [5, 5.41) is 66.7. The van der Waals surface area contributed by atoms with Crippen molar-refractivity contribution in [2.75, 3.05) is 46.6 Å². The van der Waals surface area contributed by atoms with E-state index in [2.05, 4.69) is 31.0 Å². The van der Waals surface area contributed by atoms with E-state index in [0.29, 0.717) is 34.5 Å². The van der Waals surface area contributed by atoms with Crippen molar-refractivity contribution in [3.05, 3.63) is 36.2 Å². The van der Waals surface area contributed by atoms with E-state index in [-0.39, 0.29) is 19.5 Å². The Labute approximate surface area is 356 Å². The number of benzene rings is 1. The second kappa shape index (κ2) is 21.3. The molecule has 12 atom stereocenters. The number of aromatic nitrogens is 4. The number of likely N-dealkylation sites (N-methyl/N-ethyl adjacent to an activating group) is 1. The third-order valence-electron chi connectivity index (χ3n) is 11.3. The SMILES string of the molecule is COC(C)[C@@H]1OC(C(=O)NCc2ccc(-c3nncnn3)cc2)[C@@H](OC(C)(C)C(C)[C@@H]2OC(C(=O)NCC[N+](C)(C)CCCS(=O)(=O)O)[C@@H](OC(C)C)C(O)[C@H]2O)[C@H](O)C1O. The first-order chi connectivity index (χ1) is 28.5. The van der Waals surface area contributed by atoms with Crippen molar-refractivity contribution < 1.29 is 71.2 Å². The fourth-order valence-corrected chi connectivity index (χ4v) is 7.84. The first-order valence-electron chi connectivity index (χ1n) is 20.3. The van der Waals surface area contributed by atoms with Crippen LogP contribution in [0.15, 0.2) is 30.6 Å². The highest BCUT2D eigenvalue weighted by molar-refractivity contribution is 7.85. The number of nitrogens with one attached hydrogen (secondary N) is 2. The number of ether oxygens (including phenoxy) is 5. The van der Waals surface area contributed by atoms with Gasteiger partial charge >= 0.3 is 0 Å². The predicted octanol–water partition coefficient (Wildman–Crippen LogP) is -1.37. The number of methoxy groups -OCH3 is 1. The second-order valence-electron chi connectivity index (χ2n) is 17.2. The molecular formula is C39H64N7O14S+. The van der Waals surface area contributed by atoms with E-state index in [4.69, 9.17) is 28.2 Å². The molecule has 0 radical (unpaired) electrons.